The number of aryl methyl sites for hydroxylation is 2. The fraction of sp³-hybridized carbons (Fsp3) is 0.462. The third-order valence-electron chi connectivity index (χ3n) is 6.36. The summed E-state index contributed by atoms with van der Waals surface area (Å²) in [7, 11) is 0. The van der Waals surface area contributed by atoms with Gasteiger partial charge in [-0.1, -0.05) is 48.5 Å². The van der Waals surface area contributed by atoms with Crippen molar-refractivity contribution in [2.45, 2.75) is 46.0 Å². The van der Waals surface area contributed by atoms with E-state index in [-0.39, 0.29) is 51.0 Å². The summed E-state index contributed by atoms with van der Waals surface area (Å²) in [5.41, 5.74) is 4.72. The van der Waals surface area contributed by atoms with Crippen LogP contribution in [0.15, 0.2) is 48.5 Å². The van der Waals surface area contributed by atoms with Gasteiger partial charge in [0, 0.05) is 45.0 Å². The van der Waals surface area contributed by atoms with Crippen molar-refractivity contribution in [3.05, 3.63) is 70.8 Å². The van der Waals surface area contributed by atoms with E-state index in [1.165, 1.54) is 5.56 Å². The van der Waals surface area contributed by atoms with Gasteiger partial charge in [-0.3, -0.25) is 4.79 Å². The van der Waals surface area contributed by atoms with E-state index >= 15 is 0 Å². The standard InChI is InChI=1S/C26H34NO3.Y/c1-4-30-26(29)19-27(15-9-14-23(17-27)22-12-6-5-7-13-22)18-24(28)16-25-20(2)10-8-11-21(25)3;/h5-8,10-13,23H,4,9,14-19H2,1-3H3;/q+1;. The van der Waals surface area contributed by atoms with Crippen LogP contribution in [0.3, 0.4) is 0 Å². The van der Waals surface area contributed by atoms with Crippen molar-refractivity contribution in [3.8, 4) is 0 Å². The molecule has 1 saturated heterocycles. The normalized spacial score (nSPS) is 20.5. The number of hydrogen-bond donors (Lipinski definition) is 0. The van der Waals surface area contributed by atoms with Crippen LogP contribution in [0.2, 0.25) is 0 Å². The summed E-state index contributed by atoms with van der Waals surface area (Å²) < 4.78 is 5.78. The smallest absolute Gasteiger partial charge is 0.361 e. The summed E-state index contributed by atoms with van der Waals surface area (Å²) in [5, 5.41) is 0. The molecule has 163 valence electrons. The third-order valence-corrected chi connectivity index (χ3v) is 6.36. The Kier molecular flexibility index (Phi) is 10.1. The first kappa shape index (κ1) is 25.9. The number of hydrogen-bond acceptors (Lipinski definition) is 3. The molecule has 1 aliphatic rings. The molecule has 0 amide bonds. The summed E-state index contributed by atoms with van der Waals surface area (Å²) in [6.07, 6.45) is 2.53. The first-order valence-electron chi connectivity index (χ1n) is 11.0. The topological polar surface area (TPSA) is 43.4 Å². The second-order valence-corrected chi connectivity index (χ2v) is 8.70. The molecule has 0 aromatic heterocycles. The molecule has 0 N–H and O–H groups in total. The van der Waals surface area contributed by atoms with Crippen LogP contribution in [0, 0.1) is 13.8 Å². The fourth-order valence-corrected chi connectivity index (χ4v) is 4.90. The van der Waals surface area contributed by atoms with Gasteiger partial charge in [-0.25, -0.2) is 4.79 Å². The molecule has 3 rings (SSSR count). The molecule has 2 unspecified atom stereocenters. The van der Waals surface area contributed by atoms with Gasteiger partial charge in [0.2, 0.25) is 0 Å². The number of nitrogens with zero attached hydrogens (tertiary/aromatic N) is 1. The zero-order chi connectivity index (χ0) is 21.6. The molecule has 2 atom stereocenters. The van der Waals surface area contributed by atoms with Crippen LogP contribution in [0.5, 0.6) is 0 Å². The zero-order valence-corrected chi connectivity index (χ0v) is 21.9. The summed E-state index contributed by atoms with van der Waals surface area (Å²) in [6.45, 7) is 8.64. The Labute approximate surface area is 211 Å². The van der Waals surface area contributed by atoms with E-state index in [2.05, 4.69) is 50.2 Å². The number of esters is 1. The molecule has 1 radical (unpaired) electrons. The summed E-state index contributed by atoms with van der Waals surface area (Å²) in [5.74, 6) is 0.360. The second kappa shape index (κ2) is 12.0. The number of carbonyl (C=O) groups excluding carboxylic acids is 2. The van der Waals surface area contributed by atoms with Crippen LogP contribution in [0.1, 0.15) is 47.9 Å². The van der Waals surface area contributed by atoms with Crippen molar-refractivity contribution in [2.24, 2.45) is 0 Å². The Hall–Kier alpha value is -1.36. The molecule has 0 saturated carbocycles. The predicted octanol–water partition coefficient (Wildman–Crippen LogP) is 4.37. The molecular weight excluding hydrogens is 463 g/mol. The Balaban J connectivity index is 0.00000341. The molecule has 5 heteroatoms. The Morgan fingerprint density at radius 2 is 1.68 bits per heavy atom. The van der Waals surface area contributed by atoms with Crippen LogP contribution >= 0.6 is 0 Å². The number of ether oxygens (including phenoxy) is 1. The molecular formula is C26H34NO3Y+. The van der Waals surface area contributed by atoms with Gasteiger partial charge in [0.05, 0.1) is 19.7 Å². The first-order valence-corrected chi connectivity index (χ1v) is 11.0. The van der Waals surface area contributed by atoms with Gasteiger partial charge in [-0.15, -0.1) is 0 Å². The van der Waals surface area contributed by atoms with Crippen molar-refractivity contribution < 1.29 is 51.5 Å². The molecule has 31 heavy (non-hydrogen) atoms. The van der Waals surface area contributed by atoms with Crippen molar-refractivity contribution in [1.29, 1.82) is 0 Å². The summed E-state index contributed by atoms with van der Waals surface area (Å²) >= 11 is 0. The van der Waals surface area contributed by atoms with Gasteiger partial charge >= 0.3 is 5.97 Å². The van der Waals surface area contributed by atoms with Crippen molar-refractivity contribution in [2.75, 3.05) is 32.8 Å². The zero-order valence-electron chi connectivity index (χ0n) is 19.1. The number of likely N-dealkylation sites (tertiary alicyclic amines) is 1. The van der Waals surface area contributed by atoms with Crippen LogP contribution in [0.4, 0.5) is 0 Å². The van der Waals surface area contributed by atoms with E-state index in [9.17, 15) is 9.59 Å². The maximum Gasteiger partial charge on any atom is 0.361 e. The second-order valence-electron chi connectivity index (χ2n) is 8.70. The van der Waals surface area contributed by atoms with Gasteiger partial charge in [0.1, 0.15) is 6.54 Å². The van der Waals surface area contributed by atoms with E-state index in [1.54, 1.807) is 0 Å². The third kappa shape index (κ3) is 7.07. The van der Waals surface area contributed by atoms with Gasteiger partial charge < -0.3 is 9.22 Å². The Bertz CT molecular complexity index is 863. The van der Waals surface area contributed by atoms with Gasteiger partial charge in [-0.05, 0) is 55.9 Å². The number of rotatable bonds is 8. The molecule has 4 nitrogen and oxygen atoms in total. The quantitative estimate of drug-likeness (QED) is 0.402. The summed E-state index contributed by atoms with van der Waals surface area (Å²) in [6, 6.07) is 16.6. The Morgan fingerprint density at radius 3 is 2.32 bits per heavy atom. The molecule has 0 bridgehead atoms. The number of Topliss-reactive ketones (excluding diaryl/α,β-unsaturated/α-hetero) is 1. The average Bonchev–Trinajstić information content (AvgIpc) is 2.71. The van der Waals surface area contributed by atoms with Gasteiger partial charge in [0.25, 0.3) is 0 Å². The molecule has 2 aromatic carbocycles. The minimum Gasteiger partial charge on any atom is -0.462 e. The largest absolute Gasteiger partial charge is 0.462 e. The predicted molar refractivity (Wildman–Crippen MR) is 119 cm³/mol. The van der Waals surface area contributed by atoms with Crippen LogP contribution in [-0.4, -0.2) is 49.0 Å². The molecule has 1 aliphatic heterocycles. The SMILES string of the molecule is CCOC(=O)C[N+]1(CC(=O)Cc2c(C)cccc2C)CCCC(c2ccccc2)C1.[Y]. The monoisotopic (exact) mass is 497 g/mol. The molecule has 2 aromatic rings. The fourth-order valence-electron chi connectivity index (χ4n) is 4.90. The van der Waals surface area contributed by atoms with Crippen molar-refractivity contribution in [1.82, 2.24) is 0 Å². The first-order chi connectivity index (χ1) is 14.4. The molecule has 1 heterocycles. The molecule has 0 spiro atoms. The number of ketones is 1. The van der Waals surface area contributed by atoms with Crippen LogP contribution < -0.4 is 0 Å². The number of benzene rings is 2. The van der Waals surface area contributed by atoms with Crippen LogP contribution in [-0.2, 0) is 53.5 Å². The van der Waals surface area contributed by atoms with Crippen LogP contribution in [0.25, 0.3) is 0 Å². The van der Waals surface area contributed by atoms with E-state index in [0.717, 1.165) is 42.6 Å². The van der Waals surface area contributed by atoms with Gasteiger partial charge in [-0.2, -0.15) is 0 Å². The van der Waals surface area contributed by atoms with Crippen molar-refractivity contribution in [3.63, 3.8) is 0 Å². The molecule has 1 fully saturated rings. The van der Waals surface area contributed by atoms with Gasteiger partial charge in [0.15, 0.2) is 12.3 Å². The molecule has 0 aliphatic carbocycles. The maximum atomic E-state index is 13.2. The van der Waals surface area contributed by atoms with E-state index in [0.29, 0.717) is 30.0 Å². The summed E-state index contributed by atoms with van der Waals surface area (Å²) in [4.78, 5) is 25.7. The van der Waals surface area contributed by atoms with E-state index < -0.39 is 0 Å². The van der Waals surface area contributed by atoms with E-state index in [4.69, 9.17) is 4.74 Å². The van der Waals surface area contributed by atoms with E-state index in [1.807, 2.05) is 19.1 Å². The minimum atomic E-state index is -0.203. The number of carbonyl (C=O) groups is 2. The van der Waals surface area contributed by atoms with Crippen molar-refractivity contribution >= 4 is 11.8 Å². The maximum absolute atomic E-state index is 13.2. The number of quaternary nitrogens is 1. The Morgan fingerprint density at radius 1 is 1.00 bits per heavy atom. The minimum absolute atomic E-state index is 0. The number of piperidine rings is 1. The average molecular weight is 497 g/mol.